The van der Waals surface area contributed by atoms with Crippen LogP contribution in [0.4, 0.5) is 0 Å². The largest absolute Gasteiger partial charge is 0.338 e. The Morgan fingerprint density at radius 1 is 1.12 bits per heavy atom. The third-order valence-electron chi connectivity index (χ3n) is 6.11. The molecule has 0 spiro atoms. The van der Waals surface area contributed by atoms with E-state index in [4.69, 9.17) is 0 Å². The molecule has 4 nitrogen and oxygen atoms in total. The molecular weight excluding hydrogens is 298 g/mol. The van der Waals surface area contributed by atoms with Crippen molar-refractivity contribution in [1.29, 1.82) is 0 Å². The van der Waals surface area contributed by atoms with Gasteiger partial charge in [0.05, 0.1) is 17.4 Å². The lowest BCUT2D eigenvalue weighted by Gasteiger charge is -2.44. The minimum atomic E-state index is 0.268. The Balaban J connectivity index is 1.56. The molecule has 0 N–H and O–H groups in total. The lowest BCUT2D eigenvalue weighted by atomic mass is 9.78. The van der Waals surface area contributed by atoms with Crippen LogP contribution in [0.25, 0.3) is 11.0 Å². The van der Waals surface area contributed by atoms with Crippen LogP contribution in [0.3, 0.4) is 0 Å². The molecule has 0 radical (unpaired) electrons. The van der Waals surface area contributed by atoms with Crippen LogP contribution >= 0.6 is 0 Å². The summed E-state index contributed by atoms with van der Waals surface area (Å²) in [6.07, 6.45) is 9.41. The Morgan fingerprint density at radius 2 is 1.88 bits per heavy atom. The van der Waals surface area contributed by atoms with Crippen molar-refractivity contribution < 1.29 is 4.79 Å². The van der Waals surface area contributed by atoms with Crippen LogP contribution in [-0.2, 0) is 11.3 Å². The number of carbonyl (C=O) groups is 1. The second kappa shape index (κ2) is 6.23. The Morgan fingerprint density at radius 3 is 2.75 bits per heavy atom. The Bertz CT molecular complexity index is 762. The first-order valence-corrected chi connectivity index (χ1v) is 9.35. The van der Waals surface area contributed by atoms with Gasteiger partial charge in [0.2, 0.25) is 5.91 Å². The second-order valence-electron chi connectivity index (χ2n) is 7.64. The van der Waals surface area contributed by atoms with Crippen molar-refractivity contribution >= 4 is 16.9 Å². The van der Waals surface area contributed by atoms with Gasteiger partial charge in [0.1, 0.15) is 6.54 Å². The molecule has 1 aromatic carbocycles. The van der Waals surface area contributed by atoms with Gasteiger partial charge in [-0.1, -0.05) is 12.8 Å². The maximum atomic E-state index is 13.0. The first-order chi connectivity index (χ1) is 11.6. The van der Waals surface area contributed by atoms with Crippen LogP contribution in [0.2, 0.25) is 0 Å². The van der Waals surface area contributed by atoms with Crippen molar-refractivity contribution in [2.45, 2.75) is 65.0 Å². The van der Waals surface area contributed by atoms with E-state index in [-0.39, 0.29) is 5.91 Å². The third-order valence-corrected chi connectivity index (χ3v) is 6.11. The van der Waals surface area contributed by atoms with Gasteiger partial charge in [-0.15, -0.1) is 0 Å². The van der Waals surface area contributed by atoms with E-state index in [1.165, 1.54) is 43.2 Å². The molecule has 2 atom stereocenters. The number of carbonyl (C=O) groups excluding carboxylic acids is 1. The van der Waals surface area contributed by atoms with Gasteiger partial charge in [0.25, 0.3) is 0 Å². The van der Waals surface area contributed by atoms with E-state index in [2.05, 4.69) is 35.9 Å². The fourth-order valence-corrected chi connectivity index (χ4v) is 4.61. The summed E-state index contributed by atoms with van der Waals surface area (Å²) in [5, 5.41) is 0. The van der Waals surface area contributed by atoms with Gasteiger partial charge < -0.3 is 9.47 Å². The number of aryl methyl sites for hydroxylation is 2. The molecule has 0 unspecified atom stereocenters. The van der Waals surface area contributed by atoms with E-state index >= 15 is 0 Å². The zero-order chi connectivity index (χ0) is 16.7. The number of nitrogens with zero attached hydrogens (tertiary/aromatic N) is 3. The van der Waals surface area contributed by atoms with E-state index in [9.17, 15) is 4.79 Å². The molecule has 1 aromatic heterocycles. The number of amides is 1. The monoisotopic (exact) mass is 325 g/mol. The van der Waals surface area contributed by atoms with E-state index in [0.717, 1.165) is 29.9 Å². The molecule has 1 aliphatic carbocycles. The molecular formula is C20H27N3O. The fourth-order valence-electron chi connectivity index (χ4n) is 4.61. The van der Waals surface area contributed by atoms with Gasteiger partial charge in [-0.3, -0.25) is 4.79 Å². The molecule has 128 valence electrons. The summed E-state index contributed by atoms with van der Waals surface area (Å²) in [7, 11) is 0. The minimum Gasteiger partial charge on any atom is -0.338 e. The lowest BCUT2D eigenvalue weighted by Crippen LogP contribution is -2.50. The summed E-state index contributed by atoms with van der Waals surface area (Å²) in [4.78, 5) is 19.7. The Kier molecular flexibility index (Phi) is 4.07. The molecule has 2 heterocycles. The second-order valence-corrected chi connectivity index (χ2v) is 7.64. The number of aromatic nitrogens is 2. The molecule has 2 fully saturated rings. The predicted octanol–water partition coefficient (Wildman–Crippen LogP) is 3.83. The summed E-state index contributed by atoms with van der Waals surface area (Å²) in [6.45, 7) is 5.58. The Hall–Kier alpha value is -1.84. The number of rotatable bonds is 2. The average molecular weight is 325 g/mol. The topological polar surface area (TPSA) is 38.1 Å². The molecule has 4 heteroatoms. The molecule has 4 rings (SSSR count). The third kappa shape index (κ3) is 2.72. The molecule has 0 bridgehead atoms. The quantitative estimate of drug-likeness (QED) is 0.841. The highest BCUT2D eigenvalue weighted by atomic mass is 16.2. The van der Waals surface area contributed by atoms with E-state index in [1.54, 1.807) is 0 Å². The number of likely N-dealkylation sites (tertiary alicyclic amines) is 1. The van der Waals surface area contributed by atoms with Crippen molar-refractivity contribution in [3.63, 3.8) is 0 Å². The number of hydrogen-bond acceptors (Lipinski definition) is 2. The number of piperidine rings is 1. The fraction of sp³-hybridized carbons (Fsp3) is 0.600. The first-order valence-electron chi connectivity index (χ1n) is 9.35. The SMILES string of the molecule is Cc1cc2ncn(CC(=O)N3CCC[C@H]4CCCC[C@H]43)c2cc1C. The van der Waals surface area contributed by atoms with Crippen LogP contribution < -0.4 is 0 Å². The predicted molar refractivity (Wildman–Crippen MR) is 95.9 cm³/mol. The standard InChI is InChI=1S/C20H27N3O/c1-14-10-17-19(11-15(14)2)22(13-21-17)12-20(24)23-9-5-7-16-6-3-4-8-18(16)23/h10-11,13,16,18H,3-9,12H2,1-2H3/t16-,18-/m1/s1. The molecule has 1 aliphatic heterocycles. The Labute approximate surface area is 143 Å². The van der Waals surface area contributed by atoms with Crippen molar-refractivity contribution in [1.82, 2.24) is 14.5 Å². The van der Waals surface area contributed by atoms with Gasteiger partial charge in [-0.2, -0.15) is 0 Å². The van der Waals surface area contributed by atoms with E-state index in [1.807, 2.05) is 10.9 Å². The highest BCUT2D eigenvalue weighted by Crippen LogP contribution is 2.35. The molecule has 24 heavy (non-hydrogen) atoms. The summed E-state index contributed by atoms with van der Waals surface area (Å²) < 4.78 is 2.02. The average Bonchev–Trinajstić information content (AvgIpc) is 2.96. The summed E-state index contributed by atoms with van der Waals surface area (Å²) >= 11 is 0. The highest BCUT2D eigenvalue weighted by molar-refractivity contribution is 5.81. The smallest absolute Gasteiger partial charge is 0.242 e. The lowest BCUT2D eigenvalue weighted by molar-refractivity contribution is -0.138. The molecule has 1 amide bonds. The number of benzene rings is 1. The van der Waals surface area contributed by atoms with E-state index < -0.39 is 0 Å². The van der Waals surface area contributed by atoms with Crippen LogP contribution in [0.15, 0.2) is 18.5 Å². The van der Waals surface area contributed by atoms with Crippen molar-refractivity contribution in [2.75, 3.05) is 6.54 Å². The zero-order valence-corrected chi connectivity index (χ0v) is 14.8. The van der Waals surface area contributed by atoms with E-state index in [0.29, 0.717) is 12.6 Å². The highest BCUT2D eigenvalue weighted by Gasteiger charge is 2.35. The maximum Gasteiger partial charge on any atom is 0.242 e. The normalized spacial score (nSPS) is 24.2. The molecule has 2 aliphatic rings. The maximum absolute atomic E-state index is 13.0. The zero-order valence-electron chi connectivity index (χ0n) is 14.8. The summed E-state index contributed by atoms with van der Waals surface area (Å²) in [5.41, 5.74) is 4.56. The number of fused-ring (bicyclic) bond motifs is 2. The molecule has 2 aromatic rings. The molecule has 1 saturated heterocycles. The summed E-state index contributed by atoms with van der Waals surface area (Å²) in [6, 6.07) is 4.76. The minimum absolute atomic E-state index is 0.268. The van der Waals surface area contributed by atoms with Gasteiger partial charge in [0.15, 0.2) is 0 Å². The van der Waals surface area contributed by atoms with Crippen LogP contribution in [0.1, 0.15) is 49.7 Å². The van der Waals surface area contributed by atoms with Gasteiger partial charge >= 0.3 is 0 Å². The van der Waals surface area contributed by atoms with Crippen molar-refractivity contribution in [3.8, 4) is 0 Å². The van der Waals surface area contributed by atoms with Crippen LogP contribution in [0.5, 0.6) is 0 Å². The van der Waals surface area contributed by atoms with Crippen LogP contribution in [0, 0.1) is 19.8 Å². The van der Waals surface area contributed by atoms with Crippen molar-refractivity contribution in [3.05, 3.63) is 29.6 Å². The van der Waals surface area contributed by atoms with Crippen molar-refractivity contribution in [2.24, 2.45) is 5.92 Å². The van der Waals surface area contributed by atoms with Gasteiger partial charge in [-0.25, -0.2) is 4.98 Å². The molecule has 1 saturated carbocycles. The van der Waals surface area contributed by atoms with Gasteiger partial charge in [0, 0.05) is 12.6 Å². The van der Waals surface area contributed by atoms with Gasteiger partial charge in [-0.05, 0) is 68.7 Å². The number of imidazole rings is 1. The number of hydrogen-bond donors (Lipinski definition) is 0. The van der Waals surface area contributed by atoms with Crippen LogP contribution in [-0.4, -0.2) is 32.9 Å². The first kappa shape index (κ1) is 15.7. The summed E-state index contributed by atoms with van der Waals surface area (Å²) in [5.74, 6) is 1.00.